The third kappa shape index (κ3) is 5.13. The topological polar surface area (TPSA) is 47.0 Å². The number of likely N-dealkylation sites (N-methyl/N-ethyl adjacent to an activating group) is 1. The summed E-state index contributed by atoms with van der Waals surface area (Å²) in [6, 6.07) is 0.446. The molecule has 0 bridgehead atoms. The van der Waals surface area contributed by atoms with Gasteiger partial charge in [-0.2, -0.15) is 0 Å². The lowest BCUT2D eigenvalue weighted by Gasteiger charge is -2.17. The van der Waals surface area contributed by atoms with Gasteiger partial charge in [-0.15, -0.1) is 0 Å². The van der Waals surface area contributed by atoms with Gasteiger partial charge in [-0.3, -0.25) is 4.98 Å². The molecule has 4 heteroatoms. The lowest BCUT2D eigenvalue weighted by Crippen LogP contribution is -2.29. The first-order chi connectivity index (χ1) is 8.15. The molecule has 0 fully saturated rings. The Labute approximate surface area is 104 Å². The second kappa shape index (κ2) is 7.22. The van der Waals surface area contributed by atoms with Gasteiger partial charge < -0.3 is 10.1 Å². The van der Waals surface area contributed by atoms with E-state index < -0.39 is 0 Å². The van der Waals surface area contributed by atoms with Crippen LogP contribution >= 0.6 is 0 Å². The van der Waals surface area contributed by atoms with Gasteiger partial charge in [0.2, 0.25) is 5.88 Å². The highest BCUT2D eigenvalue weighted by Crippen LogP contribution is 2.11. The van der Waals surface area contributed by atoms with E-state index >= 15 is 0 Å². The number of nitrogens with one attached hydrogen (secondary N) is 1. The Balaban J connectivity index is 2.62. The second-order valence-electron chi connectivity index (χ2n) is 4.60. The number of aromatic nitrogens is 2. The minimum Gasteiger partial charge on any atom is -0.477 e. The summed E-state index contributed by atoms with van der Waals surface area (Å²) in [7, 11) is 1.99. The van der Waals surface area contributed by atoms with Crippen molar-refractivity contribution < 1.29 is 4.74 Å². The largest absolute Gasteiger partial charge is 0.477 e. The molecule has 0 spiro atoms. The van der Waals surface area contributed by atoms with Crippen molar-refractivity contribution >= 4 is 0 Å². The lowest BCUT2D eigenvalue weighted by molar-refractivity contribution is 0.323. The number of ether oxygens (including phenoxy) is 1. The Kier molecular flexibility index (Phi) is 5.91. The van der Waals surface area contributed by atoms with Crippen LogP contribution in [0.3, 0.4) is 0 Å². The van der Waals surface area contributed by atoms with Crippen molar-refractivity contribution in [1.29, 1.82) is 0 Å². The van der Waals surface area contributed by atoms with Gasteiger partial charge in [0.15, 0.2) is 0 Å². The van der Waals surface area contributed by atoms with Crippen LogP contribution in [0.15, 0.2) is 12.4 Å². The summed E-state index contributed by atoms with van der Waals surface area (Å²) in [4.78, 5) is 8.59. The van der Waals surface area contributed by atoms with Crippen molar-refractivity contribution in [3.8, 4) is 5.88 Å². The Morgan fingerprint density at radius 2 is 2.12 bits per heavy atom. The van der Waals surface area contributed by atoms with Crippen LogP contribution in [0.4, 0.5) is 0 Å². The summed E-state index contributed by atoms with van der Waals surface area (Å²) < 4.78 is 5.35. The summed E-state index contributed by atoms with van der Waals surface area (Å²) in [6.07, 6.45) is 5.50. The summed E-state index contributed by atoms with van der Waals surface area (Å²) in [5.41, 5.74) is 0.982. The van der Waals surface area contributed by atoms with Crippen LogP contribution in [0.2, 0.25) is 0 Å². The van der Waals surface area contributed by atoms with E-state index in [1.807, 2.05) is 20.2 Å². The summed E-state index contributed by atoms with van der Waals surface area (Å²) in [5.74, 6) is 1.29. The maximum absolute atomic E-state index is 5.35. The SMILES string of the molecule is CCOc1cncc(CC(CC(C)C)NC)n1. The first kappa shape index (κ1) is 13.9. The molecule has 1 N–H and O–H groups in total. The molecule has 1 aromatic heterocycles. The van der Waals surface area contributed by atoms with E-state index in [1.165, 1.54) is 0 Å². The molecule has 17 heavy (non-hydrogen) atoms. The molecule has 0 saturated heterocycles. The van der Waals surface area contributed by atoms with Crippen molar-refractivity contribution in [3.63, 3.8) is 0 Å². The van der Waals surface area contributed by atoms with E-state index in [2.05, 4.69) is 29.1 Å². The normalized spacial score (nSPS) is 12.8. The monoisotopic (exact) mass is 237 g/mol. The van der Waals surface area contributed by atoms with E-state index in [0.29, 0.717) is 24.4 Å². The molecule has 96 valence electrons. The third-order valence-corrected chi connectivity index (χ3v) is 2.57. The van der Waals surface area contributed by atoms with Crippen LogP contribution in [0.25, 0.3) is 0 Å². The Morgan fingerprint density at radius 3 is 2.71 bits per heavy atom. The zero-order valence-corrected chi connectivity index (χ0v) is 11.2. The first-order valence-corrected chi connectivity index (χ1v) is 6.26. The van der Waals surface area contributed by atoms with Gasteiger partial charge in [-0.1, -0.05) is 13.8 Å². The third-order valence-electron chi connectivity index (χ3n) is 2.57. The first-order valence-electron chi connectivity index (χ1n) is 6.26. The smallest absolute Gasteiger partial charge is 0.232 e. The standard InChI is InChI=1S/C13H23N3O/c1-5-17-13-9-15-8-12(16-13)7-11(14-4)6-10(2)3/h8-11,14H,5-7H2,1-4H3. The number of rotatable bonds is 7. The molecule has 0 aliphatic heterocycles. The van der Waals surface area contributed by atoms with Crippen LogP contribution in [-0.2, 0) is 6.42 Å². The Hall–Kier alpha value is -1.16. The van der Waals surface area contributed by atoms with E-state index in [0.717, 1.165) is 18.5 Å². The number of hydrogen-bond donors (Lipinski definition) is 1. The highest BCUT2D eigenvalue weighted by atomic mass is 16.5. The summed E-state index contributed by atoms with van der Waals surface area (Å²) in [5, 5.41) is 3.32. The highest BCUT2D eigenvalue weighted by Gasteiger charge is 2.11. The molecule has 1 unspecified atom stereocenters. The molecule has 0 amide bonds. The van der Waals surface area contributed by atoms with Crippen molar-refractivity contribution in [2.45, 2.75) is 39.7 Å². The number of hydrogen-bond acceptors (Lipinski definition) is 4. The van der Waals surface area contributed by atoms with Crippen LogP contribution < -0.4 is 10.1 Å². The fourth-order valence-electron chi connectivity index (χ4n) is 1.83. The average Bonchev–Trinajstić information content (AvgIpc) is 2.28. The summed E-state index contributed by atoms with van der Waals surface area (Å²) >= 11 is 0. The zero-order chi connectivity index (χ0) is 12.7. The minimum atomic E-state index is 0.446. The molecule has 1 aromatic rings. The van der Waals surface area contributed by atoms with Crippen LogP contribution in [0, 0.1) is 5.92 Å². The van der Waals surface area contributed by atoms with Crippen LogP contribution in [-0.4, -0.2) is 29.7 Å². The molecule has 0 aromatic carbocycles. The molecule has 0 radical (unpaired) electrons. The van der Waals surface area contributed by atoms with Crippen LogP contribution in [0.5, 0.6) is 5.88 Å². The fraction of sp³-hybridized carbons (Fsp3) is 0.692. The minimum absolute atomic E-state index is 0.446. The molecule has 0 saturated carbocycles. The van der Waals surface area contributed by atoms with E-state index in [9.17, 15) is 0 Å². The predicted octanol–water partition coefficient (Wildman–Crippen LogP) is 2.05. The maximum Gasteiger partial charge on any atom is 0.232 e. The van der Waals surface area contributed by atoms with E-state index in [1.54, 1.807) is 6.20 Å². The van der Waals surface area contributed by atoms with Crippen molar-refractivity contribution in [2.24, 2.45) is 5.92 Å². The van der Waals surface area contributed by atoms with Gasteiger partial charge >= 0.3 is 0 Å². The molecular weight excluding hydrogens is 214 g/mol. The van der Waals surface area contributed by atoms with Gasteiger partial charge in [-0.05, 0) is 26.3 Å². The van der Waals surface area contributed by atoms with Crippen molar-refractivity contribution in [2.75, 3.05) is 13.7 Å². The zero-order valence-electron chi connectivity index (χ0n) is 11.2. The van der Waals surface area contributed by atoms with Crippen molar-refractivity contribution in [3.05, 3.63) is 18.1 Å². The fourth-order valence-corrected chi connectivity index (χ4v) is 1.83. The second-order valence-corrected chi connectivity index (χ2v) is 4.60. The van der Waals surface area contributed by atoms with Gasteiger partial charge in [-0.25, -0.2) is 4.98 Å². The van der Waals surface area contributed by atoms with Crippen molar-refractivity contribution in [1.82, 2.24) is 15.3 Å². The van der Waals surface area contributed by atoms with E-state index in [-0.39, 0.29) is 0 Å². The van der Waals surface area contributed by atoms with Gasteiger partial charge in [0, 0.05) is 18.7 Å². The lowest BCUT2D eigenvalue weighted by atomic mass is 10.0. The van der Waals surface area contributed by atoms with Gasteiger partial charge in [0.25, 0.3) is 0 Å². The average molecular weight is 237 g/mol. The molecule has 0 aliphatic carbocycles. The molecule has 1 atom stereocenters. The van der Waals surface area contributed by atoms with Crippen LogP contribution in [0.1, 0.15) is 32.9 Å². The maximum atomic E-state index is 5.35. The van der Waals surface area contributed by atoms with E-state index in [4.69, 9.17) is 4.74 Å². The van der Waals surface area contributed by atoms with Gasteiger partial charge in [0.1, 0.15) is 0 Å². The summed E-state index contributed by atoms with van der Waals surface area (Å²) in [6.45, 7) is 7.03. The molecular formula is C13H23N3O. The quantitative estimate of drug-likeness (QED) is 0.788. The molecule has 1 heterocycles. The number of nitrogens with zero attached hydrogens (tertiary/aromatic N) is 2. The molecule has 1 rings (SSSR count). The Morgan fingerprint density at radius 1 is 1.35 bits per heavy atom. The Bertz CT molecular complexity index is 328. The molecule has 0 aliphatic rings. The highest BCUT2D eigenvalue weighted by molar-refractivity contribution is 5.09. The molecule has 4 nitrogen and oxygen atoms in total. The van der Waals surface area contributed by atoms with Gasteiger partial charge in [0.05, 0.1) is 18.5 Å². The predicted molar refractivity (Wildman–Crippen MR) is 69.2 cm³/mol.